The van der Waals surface area contributed by atoms with E-state index >= 15 is 0 Å². The Labute approximate surface area is 235 Å². The highest BCUT2D eigenvalue weighted by molar-refractivity contribution is 7.47. The number of nitrogens with zero attached hydrogens (tertiary/aromatic N) is 8. The SMILES string of the molecule is Nc1nc(F)nc2c1ncn2C1OC2COP(=O)(O)OC3C(CCCC2C1O)OC(n1cnc2c(N)ncnc21)C3O. The molecule has 0 saturated carbocycles. The third-order valence-electron chi connectivity index (χ3n) is 7.87. The Kier molecular flexibility index (Phi) is 6.59. The smallest absolute Gasteiger partial charge is 0.388 e. The van der Waals surface area contributed by atoms with Gasteiger partial charge in [-0.15, -0.1) is 0 Å². The van der Waals surface area contributed by atoms with Crippen molar-refractivity contribution in [2.75, 3.05) is 18.1 Å². The van der Waals surface area contributed by atoms with Gasteiger partial charge < -0.3 is 36.0 Å². The Morgan fingerprint density at radius 2 is 1.60 bits per heavy atom. The molecule has 9 atom stereocenters. The van der Waals surface area contributed by atoms with Gasteiger partial charge in [0.1, 0.15) is 30.2 Å². The van der Waals surface area contributed by atoms with E-state index in [4.69, 9.17) is 30.0 Å². The number of halogens is 1. The van der Waals surface area contributed by atoms with Gasteiger partial charge >= 0.3 is 13.9 Å². The number of nitrogens with two attached hydrogens (primary N) is 2. The fourth-order valence-electron chi connectivity index (χ4n) is 5.91. The molecule has 7 rings (SSSR count). The van der Waals surface area contributed by atoms with Crippen molar-refractivity contribution in [1.29, 1.82) is 0 Å². The van der Waals surface area contributed by atoms with E-state index in [1.807, 2.05) is 0 Å². The van der Waals surface area contributed by atoms with Crippen molar-refractivity contribution in [3.8, 4) is 0 Å². The van der Waals surface area contributed by atoms with E-state index in [-0.39, 0.29) is 29.2 Å². The highest BCUT2D eigenvalue weighted by Gasteiger charge is 2.51. The number of aromatic nitrogens is 8. The van der Waals surface area contributed by atoms with Gasteiger partial charge in [0.15, 0.2) is 40.9 Å². The standard InChI is InChI=1S/C22H26FN10O8P/c23-22-30-17(25)12-19(31-22)33(7-29-12)20-13(34)8-2-1-3-9-15(41-42(36,37)38-4-10(8)40-20)14(35)21(39-9)32-6-28-11-16(24)26-5-27-18(11)32/h5-10,13-15,20-21,34-35H,1-4H2,(H,36,37)(H2,24,26,27)(H2,25,30,31). The van der Waals surface area contributed by atoms with Crippen molar-refractivity contribution < 1.29 is 42.6 Å². The highest BCUT2D eigenvalue weighted by Crippen LogP contribution is 2.51. The summed E-state index contributed by atoms with van der Waals surface area (Å²) in [6.07, 6.45) is -3.67. The number of aliphatic hydroxyl groups is 2. The monoisotopic (exact) mass is 608 g/mol. The number of hydrogen-bond acceptors (Lipinski definition) is 15. The van der Waals surface area contributed by atoms with Crippen molar-refractivity contribution in [3.63, 3.8) is 0 Å². The van der Waals surface area contributed by atoms with Crippen LogP contribution in [0.2, 0.25) is 0 Å². The molecule has 0 amide bonds. The predicted octanol–water partition coefficient (Wildman–Crippen LogP) is -0.211. The second-order valence-electron chi connectivity index (χ2n) is 10.3. The maximum atomic E-state index is 13.9. The van der Waals surface area contributed by atoms with Crippen LogP contribution >= 0.6 is 7.82 Å². The lowest BCUT2D eigenvalue weighted by atomic mass is 9.91. The maximum Gasteiger partial charge on any atom is 0.472 e. The van der Waals surface area contributed by atoms with Gasteiger partial charge in [0.2, 0.25) is 0 Å². The Hall–Kier alpha value is -3.42. The molecular formula is C22H26FN10O8P. The van der Waals surface area contributed by atoms with E-state index in [0.29, 0.717) is 24.0 Å². The van der Waals surface area contributed by atoms with Crippen LogP contribution in [0, 0.1) is 12.0 Å². The summed E-state index contributed by atoms with van der Waals surface area (Å²) in [5, 5.41) is 22.4. The fourth-order valence-corrected chi connectivity index (χ4v) is 6.88. The molecule has 9 unspecified atom stereocenters. The van der Waals surface area contributed by atoms with Gasteiger partial charge in [0, 0.05) is 5.92 Å². The third-order valence-corrected chi connectivity index (χ3v) is 8.86. The minimum Gasteiger partial charge on any atom is -0.388 e. The molecule has 3 aliphatic rings. The summed E-state index contributed by atoms with van der Waals surface area (Å²) in [6, 6.07) is 0. The van der Waals surface area contributed by atoms with Crippen LogP contribution in [0.5, 0.6) is 0 Å². The number of fused-ring (bicyclic) bond motifs is 4. The van der Waals surface area contributed by atoms with Gasteiger partial charge in [-0.2, -0.15) is 14.4 Å². The zero-order chi connectivity index (χ0) is 29.3. The van der Waals surface area contributed by atoms with Crippen molar-refractivity contribution >= 4 is 41.8 Å². The number of rotatable bonds is 2. The van der Waals surface area contributed by atoms with Gasteiger partial charge in [-0.3, -0.25) is 18.2 Å². The highest BCUT2D eigenvalue weighted by atomic mass is 31.2. The molecule has 4 aromatic heterocycles. The van der Waals surface area contributed by atoms with Crippen LogP contribution in [0.4, 0.5) is 16.0 Å². The topological polar surface area (TPSA) is 254 Å². The summed E-state index contributed by atoms with van der Waals surface area (Å²) in [7, 11) is -4.77. The largest absolute Gasteiger partial charge is 0.472 e. The second kappa shape index (κ2) is 10.1. The van der Waals surface area contributed by atoms with E-state index in [0.717, 1.165) is 0 Å². The number of aliphatic hydroxyl groups excluding tert-OH is 2. The summed E-state index contributed by atoms with van der Waals surface area (Å²) in [6.45, 7) is -0.426. The molecule has 18 nitrogen and oxygen atoms in total. The minimum absolute atomic E-state index is 0.0166. The molecule has 4 aromatic rings. The first-order valence-corrected chi connectivity index (χ1v) is 14.5. The number of anilines is 2. The third kappa shape index (κ3) is 4.49. The van der Waals surface area contributed by atoms with Gasteiger partial charge in [-0.25, -0.2) is 24.5 Å². The molecule has 20 heteroatoms. The molecule has 3 aliphatic heterocycles. The molecule has 0 spiro atoms. The normalized spacial score (nSPS) is 35.7. The van der Waals surface area contributed by atoms with E-state index in [1.165, 1.54) is 28.1 Å². The van der Waals surface area contributed by atoms with E-state index < -0.39 is 69.4 Å². The van der Waals surface area contributed by atoms with Crippen LogP contribution in [0.15, 0.2) is 19.0 Å². The van der Waals surface area contributed by atoms with Crippen molar-refractivity contribution in [1.82, 2.24) is 39.0 Å². The fraction of sp³-hybridized carbons (Fsp3) is 0.545. The molecule has 0 bridgehead atoms. The first-order chi connectivity index (χ1) is 20.1. The number of ether oxygens (including phenoxy) is 2. The number of hydrogen-bond donors (Lipinski definition) is 5. The summed E-state index contributed by atoms with van der Waals surface area (Å²) in [4.78, 5) is 34.2. The first kappa shape index (κ1) is 27.4. The number of phosphoric acid groups is 1. The molecule has 3 saturated heterocycles. The summed E-state index contributed by atoms with van der Waals surface area (Å²) in [5.41, 5.74) is 12.4. The number of nitrogen functional groups attached to an aromatic ring is 2. The van der Waals surface area contributed by atoms with Gasteiger partial charge in [0.25, 0.3) is 0 Å². The lowest BCUT2D eigenvalue weighted by Crippen LogP contribution is -2.34. The summed E-state index contributed by atoms with van der Waals surface area (Å²) in [5.74, 6) is -0.611. The molecule has 0 aromatic carbocycles. The zero-order valence-corrected chi connectivity index (χ0v) is 22.5. The number of phosphoric ester groups is 1. The van der Waals surface area contributed by atoms with E-state index in [2.05, 4.69) is 29.9 Å². The van der Waals surface area contributed by atoms with E-state index in [1.54, 1.807) is 0 Å². The van der Waals surface area contributed by atoms with Crippen molar-refractivity contribution in [3.05, 3.63) is 25.1 Å². The summed E-state index contributed by atoms with van der Waals surface area (Å²) < 4.78 is 52.6. The first-order valence-electron chi connectivity index (χ1n) is 13.0. The van der Waals surface area contributed by atoms with Crippen LogP contribution in [0.25, 0.3) is 22.3 Å². The zero-order valence-electron chi connectivity index (χ0n) is 21.6. The molecule has 0 radical (unpaired) electrons. The Morgan fingerprint density at radius 3 is 2.38 bits per heavy atom. The van der Waals surface area contributed by atoms with E-state index in [9.17, 15) is 24.1 Å². The van der Waals surface area contributed by atoms with Crippen LogP contribution in [-0.2, 0) is 23.1 Å². The maximum absolute atomic E-state index is 13.9. The lowest BCUT2D eigenvalue weighted by Gasteiger charge is -2.23. The summed E-state index contributed by atoms with van der Waals surface area (Å²) >= 11 is 0. The van der Waals surface area contributed by atoms with Crippen molar-refractivity contribution in [2.45, 2.75) is 62.2 Å². The Bertz CT molecular complexity index is 1710. The Morgan fingerprint density at radius 1 is 0.905 bits per heavy atom. The van der Waals surface area contributed by atoms with Crippen LogP contribution < -0.4 is 11.5 Å². The molecule has 7 heterocycles. The lowest BCUT2D eigenvalue weighted by molar-refractivity contribution is -0.0529. The molecule has 42 heavy (non-hydrogen) atoms. The quantitative estimate of drug-likeness (QED) is 0.146. The van der Waals surface area contributed by atoms with Crippen LogP contribution in [0.1, 0.15) is 31.7 Å². The molecule has 224 valence electrons. The number of imidazole rings is 2. The minimum atomic E-state index is -4.77. The van der Waals surface area contributed by atoms with Crippen LogP contribution in [-0.4, -0.2) is 91.3 Å². The van der Waals surface area contributed by atoms with Gasteiger partial charge in [-0.1, -0.05) is 6.42 Å². The second-order valence-corrected chi connectivity index (χ2v) is 11.7. The van der Waals surface area contributed by atoms with Gasteiger partial charge in [-0.05, 0) is 12.8 Å². The average Bonchev–Trinajstić information content (AvgIpc) is 3.69. The predicted molar refractivity (Wildman–Crippen MR) is 137 cm³/mol. The van der Waals surface area contributed by atoms with Gasteiger partial charge in [0.05, 0.1) is 31.5 Å². The van der Waals surface area contributed by atoms with Crippen LogP contribution in [0.3, 0.4) is 0 Å². The molecule has 0 aliphatic carbocycles. The molecular weight excluding hydrogens is 582 g/mol. The van der Waals surface area contributed by atoms with Crippen molar-refractivity contribution in [2.24, 2.45) is 5.92 Å². The Balaban J connectivity index is 1.14. The molecule has 3 fully saturated rings. The molecule has 7 N–H and O–H groups in total. The average molecular weight is 608 g/mol.